The van der Waals surface area contributed by atoms with Gasteiger partial charge in [0.2, 0.25) is 0 Å². The second-order valence-corrected chi connectivity index (χ2v) is 3.34. The standard InChI is InChI=1S/C11H26N2O2/c1-4-14-10-8-13(7-6-12-3)9-11-15-5-2/h12H,4-11H2,1-3H3. The van der Waals surface area contributed by atoms with Crippen molar-refractivity contribution in [1.82, 2.24) is 10.2 Å². The number of hydrogen-bond acceptors (Lipinski definition) is 4. The van der Waals surface area contributed by atoms with Crippen molar-refractivity contribution in [2.75, 3.05) is 59.7 Å². The van der Waals surface area contributed by atoms with E-state index >= 15 is 0 Å². The molecule has 0 atom stereocenters. The van der Waals surface area contributed by atoms with Crippen molar-refractivity contribution < 1.29 is 9.47 Å². The van der Waals surface area contributed by atoms with Gasteiger partial charge in [-0.2, -0.15) is 0 Å². The maximum atomic E-state index is 5.35. The summed E-state index contributed by atoms with van der Waals surface area (Å²) in [6.07, 6.45) is 0. The highest BCUT2D eigenvalue weighted by molar-refractivity contribution is 4.58. The predicted molar refractivity (Wildman–Crippen MR) is 63.4 cm³/mol. The molecular weight excluding hydrogens is 192 g/mol. The first-order valence-electron chi connectivity index (χ1n) is 5.87. The maximum Gasteiger partial charge on any atom is 0.0593 e. The van der Waals surface area contributed by atoms with Crippen molar-refractivity contribution in [3.05, 3.63) is 0 Å². The van der Waals surface area contributed by atoms with Gasteiger partial charge in [0.25, 0.3) is 0 Å². The van der Waals surface area contributed by atoms with E-state index in [0.29, 0.717) is 0 Å². The molecule has 0 aromatic heterocycles. The minimum atomic E-state index is 0.797. The Labute approximate surface area is 93.9 Å². The van der Waals surface area contributed by atoms with Gasteiger partial charge in [-0.15, -0.1) is 0 Å². The first-order chi connectivity index (χ1) is 7.35. The average molecular weight is 218 g/mol. The topological polar surface area (TPSA) is 33.7 Å². The van der Waals surface area contributed by atoms with Crippen molar-refractivity contribution in [3.63, 3.8) is 0 Å². The van der Waals surface area contributed by atoms with Crippen molar-refractivity contribution in [3.8, 4) is 0 Å². The first-order valence-corrected chi connectivity index (χ1v) is 5.87. The molecule has 1 N–H and O–H groups in total. The van der Waals surface area contributed by atoms with Crippen LogP contribution in [0.25, 0.3) is 0 Å². The summed E-state index contributed by atoms with van der Waals surface area (Å²) in [6.45, 7) is 11.3. The van der Waals surface area contributed by atoms with Crippen LogP contribution in [0.3, 0.4) is 0 Å². The van der Waals surface area contributed by atoms with E-state index in [1.165, 1.54) is 0 Å². The van der Waals surface area contributed by atoms with Gasteiger partial charge in [0.1, 0.15) is 0 Å². The molecule has 4 nitrogen and oxygen atoms in total. The van der Waals surface area contributed by atoms with Crippen LogP contribution < -0.4 is 5.32 Å². The van der Waals surface area contributed by atoms with Crippen molar-refractivity contribution >= 4 is 0 Å². The van der Waals surface area contributed by atoms with E-state index < -0.39 is 0 Å². The summed E-state index contributed by atoms with van der Waals surface area (Å²) in [5, 5.41) is 3.16. The van der Waals surface area contributed by atoms with E-state index in [2.05, 4.69) is 10.2 Å². The minimum Gasteiger partial charge on any atom is -0.380 e. The smallest absolute Gasteiger partial charge is 0.0593 e. The summed E-state index contributed by atoms with van der Waals surface area (Å²) >= 11 is 0. The fourth-order valence-corrected chi connectivity index (χ4v) is 1.28. The molecular formula is C11H26N2O2. The van der Waals surface area contributed by atoms with E-state index in [1.807, 2.05) is 20.9 Å². The molecule has 0 saturated heterocycles. The normalized spacial score (nSPS) is 11.2. The van der Waals surface area contributed by atoms with Gasteiger partial charge in [-0.25, -0.2) is 0 Å². The molecule has 0 heterocycles. The minimum absolute atomic E-state index is 0.797. The van der Waals surface area contributed by atoms with E-state index in [1.54, 1.807) is 0 Å². The molecule has 15 heavy (non-hydrogen) atoms. The molecule has 0 unspecified atom stereocenters. The number of hydrogen-bond donors (Lipinski definition) is 1. The summed E-state index contributed by atoms with van der Waals surface area (Å²) in [5.74, 6) is 0. The second-order valence-electron chi connectivity index (χ2n) is 3.34. The van der Waals surface area contributed by atoms with Crippen molar-refractivity contribution in [2.45, 2.75) is 13.8 Å². The van der Waals surface area contributed by atoms with Gasteiger partial charge in [-0.3, -0.25) is 4.90 Å². The number of nitrogens with zero attached hydrogens (tertiary/aromatic N) is 1. The van der Waals surface area contributed by atoms with Gasteiger partial charge in [0.05, 0.1) is 13.2 Å². The molecule has 0 aliphatic carbocycles. The van der Waals surface area contributed by atoms with E-state index in [-0.39, 0.29) is 0 Å². The van der Waals surface area contributed by atoms with Crippen molar-refractivity contribution in [2.24, 2.45) is 0 Å². The maximum absolute atomic E-state index is 5.35. The molecule has 0 aliphatic heterocycles. The number of likely N-dealkylation sites (N-methyl/N-ethyl adjacent to an activating group) is 1. The van der Waals surface area contributed by atoms with Gasteiger partial charge in [0.15, 0.2) is 0 Å². The molecule has 0 fully saturated rings. The van der Waals surface area contributed by atoms with Gasteiger partial charge in [0, 0.05) is 39.4 Å². The predicted octanol–water partition coefficient (Wildman–Crippen LogP) is 0.581. The summed E-state index contributed by atoms with van der Waals surface area (Å²) in [7, 11) is 1.98. The molecule has 0 bridgehead atoms. The molecule has 0 aliphatic rings. The fourth-order valence-electron chi connectivity index (χ4n) is 1.28. The zero-order chi connectivity index (χ0) is 11.4. The van der Waals surface area contributed by atoms with Gasteiger partial charge < -0.3 is 14.8 Å². The Hall–Kier alpha value is -0.160. The SMILES string of the molecule is CCOCCN(CCNC)CCOCC. The van der Waals surface area contributed by atoms with Crippen LogP contribution in [0.4, 0.5) is 0 Å². The molecule has 0 radical (unpaired) electrons. The summed E-state index contributed by atoms with van der Waals surface area (Å²) in [6, 6.07) is 0. The van der Waals surface area contributed by atoms with Gasteiger partial charge >= 0.3 is 0 Å². The number of nitrogens with one attached hydrogen (secondary N) is 1. The third-order valence-corrected chi connectivity index (χ3v) is 2.19. The lowest BCUT2D eigenvalue weighted by molar-refractivity contribution is 0.0834. The third-order valence-electron chi connectivity index (χ3n) is 2.19. The molecule has 0 saturated carbocycles. The van der Waals surface area contributed by atoms with Crippen LogP contribution in [0.2, 0.25) is 0 Å². The summed E-state index contributed by atoms with van der Waals surface area (Å²) in [4.78, 5) is 2.36. The van der Waals surface area contributed by atoms with E-state index in [0.717, 1.165) is 52.6 Å². The molecule has 92 valence electrons. The molecule has 0 rings (SSSR count). The largest absolute Gasteiger partial charge is 0.380 e. The Morgan fingerprint density at radius 1 is 0.933 bits per heavy atom. The Kier molecular flexibility index (Phi) is 11.8. The van der Waals surface area contributed by atoms with Crippen LogP contribution in [0.5, 0.6) is 0 Å². The highest BCUT2D eigenvalue weighted by Gasteiger charge is 2.03. The first kappa shape index (κ1) is 14.8. The lowest BCUT2D eigenvalue weighted by Crippen LogP contribution is -2.36. The summed E-state index contributed by atoms with van der Waals surface area (Å²) in [5.41, 5.74) is 0. The number of ether oxygens (including phenoxy) is 2. The third kappa shape index (κ3) is 10.1. The Bertz CT molecular complexity index is 113. The highest BCUT2D eigenvalue weighted by atomic mass is 16.5. The van der Waals surface area contributed by atoms with E-state index in [9.17, 15) is 0 Å². The lowest BCUT2D eigenvalue weighted by atomic mass is 10.4. The number of rotatable bonds is 11. The molecule has 4 heteroatoms. The fraction of sp³-hybridized carbons (Fsp3) is 1.00. The molecule has 0 amide bonds. The van der Waals surface area contributed by atoms with Crippen molar-refractivity contribution in [1.29, 1.82) is 0 Å². The molecule has 0 spiro atoms. The average Bonchev–Trinajstić information content (AvgIpc) is 2.25. The molecule has 0 aromatic rings. The highest BCUT2D eigenvalue weighted by Crippen LogP contribution is 1.89. The Morgan fingerprint density at radius 3 is 1.87 bits per heavy atom. The van der Waals surface area contributed by atoms with Crippen LogP contribution in [-0.4, -0.2) is 64.6 Å². The monoisotopic (exact) mass is 218 g/mol. The zero-order valence-electron chi connectivity index (χ0n) is 10.4. The quantitative estimate of drug-likeness (QED) is 0.514. The van der Waals surface area contributed by atoms with Crippen LogP contribution in [0, 0.1) is 0 Å². The Balaban J connectivity index is 3.53. The van der Waals surface area contributed by atoms with Crippen LogP contribution in [-0.2, 0) is 9.47 Å². The van der Waals surface area contributed by atoms with Crippen LogP contribution in [0.1, 0.15) is 13.8 Å². The van der Waals surface area contributed by atoms with E-state index in [4.69, 9.17) is 9.47 Å². The lowest BCUT2D eigenvalue weighted by Gasteiger charge is -2.21. The zero-order valence-corrected chi connectivity index (χ0v) is 10.4. The molecule has 0 aromatic carbocycles. The summed E-state index contributed by atoms with van der Waals surface area (Å²) < 4.78 is 10.7. The van der Waals surface area contributed by atoms with Gasteiger partial charge in [-0.1, -0.05) is 0 Å². The Morgan fingerprint density at radius 2 is 1.47 bits per heavy atom. The van der Waals surface area contributed by atoms with Gasteiger partial charge in [-0.05, 0) is 20.9 Å². The van der Waals surface area contributed by atoms with Crippen LogP contribution >= 0.6 is 0 Å². The van der Waals surface area contributed by atoms with Crippen LogP contribution in [0.15, 0.2) is 0 Å². The second kappa shape index (κ2) is 11.9.